The molecule has 0 fully saturated rings. The minimum Gasteiger partial charge on any atom is -0.394 e. The molecule has 0 bridgehead atoms. The molecule has 4 heteroatoms. The van der Waals surface area contributed by atoms with E-state index < -0.39 is 5.54 Å². The van der Waals surface area contributed by atoms with Gasteiger partial charge in [0.05, 0.1) is 12.8 Å². The predicted molar refractivity (Wildman–Crippen MR) is 72.0 cm³/mol. The first kappa shape index (κ1) is 12.8. The molecule has 0 radical (unpaired) electrons. The Morgan fingerprint density at radius 2 is 2.00 bits per heavy atom. The number of rotatable bonds is 5. The molecule has 2 aromatic rings. The van der Waals surface area contributed by atoms with Crippen LogP contribution in [0.2, 0.25) is 0 Å². The summed E-state index contributed by atoms with van der Waals surface area (Å²) in [6.07, 6.45) is 4.55. The molecule has 4 nitrogen and oxygen atoms in total. The fourth-order valence-corrected chi connectivity index (χ4v) is 1.71. The molecule has 0 aliphatic carbocycles. The second-order valence-corrected chi connectivity index (χ2v) is 4.92. The molecular weight excluding hydrogens is 226 g/mol. The van der Waals surface area contributed by atoms with Crippen LogP contribution >= 0.6 is 0 Å². The second-order valence-electron chi connectivity index (χ2n) is 4.92. The molecule has 0 aliphatic rings. The number of aliphatic hydroxyl groups excluding tert-OH is 1. The number of nitrogens with zero attached hydrogens (tertiary/aromatic N) is 2. The maximum absolute atomic E-state index is 9.10. The van der Waals surface area contributed by atoms with E-state index in [1.807, 2.05) is 42.2 Å². The van der Waals surface area contributed by atoms with Gasteiger partial charge in [0.15, 0.2) is 0 Å². The van der Waals surface area contributed by atoms with Crippen LogP contribution in [0, 0.1) is 0 Å². The lowest BCUT2D eigenvalue weighted by Gasteiger charge is -2.21. The summed E-state index contributed by atoms with van der Waals surface area (Å²) in [7, 11) is 0. The van der Waals surface area contributed by atoms with Crippen molar-refractivity contribution in [1.29, 1.82) is 0 Å². The largest absolute Gasteiger partial charge is 0.394 e. The van der Waals surface area contributed by atoms with E-state index in [1.165, 1.54) is 0 Å². The van der Waals surface area contributed by atoms with Crippen molar-refractivity contribution in [3.05, 3.63) is 42.7 Å². The predicted octanol–water partition coefficient (Wildman–Crippen LogP) is 1.65. The number of aryl methyl sites for hydroxylation is 1. The van der Waals surface area contributed by atoms with Crippen molar-refractivity contribution in [3.8, 4) is 11.1 Å². The summed E-state index contributed by atoms with van der Waals surface area (Å²) in [5, 5.41) is 13.4. The Balaban J connectivity index is 2.03. The first-order chi connectivity index (χ1) is 8.61. The summed E-state index contributed by atoms with van der Waals surface area (Å²) in [5.74, 6) is 0. The third kappa shape index (κ3) is 3.18. The van der Waals surface area contributed by atoms with Crippen molar-refractivity contribution >= 4 is 0 Å². The molecule has 0 amide bonds. The zero-order valence-electron chi connectivity index (χ0n) is 10.6. The van der Waals surface area contributed by atoms with Gasteiger partial charge in [0.1, 0.15) is 0 Å². The molecule has 0 saturated heterocycles. The molecule has 0 spiro atoms. The van der Waals surface area contributed by atoms with E-state index >= 15 is 0 Å². The number of hydrogen-bond acceptors (Lipinski definition) is 3. The first-order valence-corrected chi connectivity index (χ1v) is 6.08. The summed E-state index contributed by atoms with van der Waals surface area (Å²) >= 11 is 0. The fraction of sp³-hybridized carbons (Fsp3) is 0.357. The van der Waals surface area contributed by atoms with Crippen LogP contribution in [0.4, 0.5) is 0 Å². The van der Waals surface area contributed by atoms with Crippen molar-refractivity contribution in [2.75, 3.05) is 6.61 Å². The van der Waals surface area contributed by atoms with Gasteiger partial charge in [-0.25, -0.2) is 0 Å². The lowest BCUT2D eigenvalue weighted by atomic mass is 10.0. The second kappa shape index (κ2) is 5.33. The number of nitrogens with two attached hydrogens (primary N) is 1. The highest BCUT2D eigenvalue weighted by molar-refractivity contribution is 5.61. The van der Waals surface area contributed by atoms with E-state index in [4.69, 9.17) is 10.8 Å². The van der Waals surface area contributed by atoms with E-state index in [-0.39, 0.29) is 6.61 Å². The van der Waals surface area contributed by atoms with Crippen molar-refractivity contribution in [1.82, 2.24) is 9.78 Å². The van der Waals surface area contributed by atoms with Gasteiger partial charge in [-0.1, -0.05) is 30.3 Å². The topological polar surface area (TPSA) is 64.1 Å². The molecule has 3 N–H and O–H groups in total. The Morgan fingerprint density at radius 3 is 2.67 bits per heavy atom. The van der Waals surface area contributed by atoms with Crippen molar-refractivity contribution in [2.45, 2.75) is 25.4 Å². The summed E-state index contributed by atoms with van der Waals surface area (Å²) in [4.78, 5) is 0. The van der Waals surface area contributed by atoms with Gasteiger partial charge in [-0.3, -0.25) is 4.68 Å². The fourth-order valence-electron chi connectivity index (χ4n) is 1.71. The maximum Gasteiger partial charge on any atom is 0.0609 e. The minimum atomic E-state index is -0.543. The zero-order chi connectivity index (χ0) is 13.0. The van der Waals surface area contributed by atoms with Gasteiger partial charge in [-0.2, -0.15) is 5.10 Å². The highest BCUT2D eigenvalue weighted by Gasteiger charge is 2.16. The van der Waals surface area contributed by atoms with Gasteiger partial charge in [-0.15, -0.1) is 0 Å². The Bertz CT molecular complexity index is 491. The lowest BCUT2D eigenvalue weighted by Crippen LogP contribution is -2.41. The third-order valence-electron chi connectivity index (χ3n) is 3.01. The van der Waals surface area contributed by atoms with Gasteiger partial charge >= 0.3 is 0 Å². The van der Waals surface area contributed by atoms with E-state index in [0.29, 0.717) is 13.0 Å². The normalized spacial score (nSPS) is 14.4. The number of aromatic nitrogens is 2. The standard InChI is InChI=1S/C14H19N3O/c1-14(15,11-18)7-8-17-10-13(9-16-17)12-5-3-2-4-6-12/h2-6,9-10,18H,7-8,11,15H2,1H3. The molecule has 18 heavy (non-hydrogen) atoms. The smallest absolute Gasteiger partial charge is 0.0609 e. The van der Waals surface area contributed by atoms with Gasteiger partial charge in [0.25, 0.3) is 0 Å². The Labute approximate surface area is 107 Å². The Morgan fingerprint density at radius 1 is 1.28 bits per heavy atom. The van der Waals surface area contributed by atoms with Crippen LogP contribution in [0.3, 0.4) is 0 Å². The molecule has 0 saturated carbocycles. The highest BCUT2D eigenvalue weighted by atomic mass is 16.3. The van der Waals surface area contributed by atoms with Crippen LogP contribution in [-0.4, -0.2) is 27.0 Å². The molecule has 2 rings (SSSR count). The first-order valence-electron chi connectivity index (χ1n) is 6.08. The maximum atomic E-state index is 9.10. The molecule has 1 unspecified atom stereocenters. The van der Waals surface area contributed by atoms with Crippen LogP contribution < -0.4 is 5.73 Å². The van der Waals surface area contributed by atoms with E-state index in [1.54, 1.807) is 0 Å². The van der Waals surface area contributed by atoms with Crippen LogP contribution in [0.5, 0.6) is 0 Å². The van der Waals surface area contributed by atoms with E-state index in [0.717, 1.165) is 11.1 Å². The molecule has 96 valence electrons. The average molecular weight is 245 g/mol. The Kier molecular flexibility index (Phi) is 3.79. The van der Waals surface area contributed by atoms with Gasteiger partial charge in [-0.05, 0) is 18.9 Å². The van der Waals surface area contributed by atoms with E-state index in [9.17, 15) is 0 Å². The van der Waals surface area contributed by atoms with Crippen LogP contribution in [-0.2, 0) is 6.54 Å². The number of aliphatic hydroxyl groups is 1. The van der Waals surface area contributed by atoms with Crippen LogP contribution in [0.15, 0.2) is 42.7 Å². The van der Waals surface area contributed by atoms with Crippen LogP contribution in [0.1, 0.15) is 13.3 Å². The number of benzene rings is 1. The van der Waals surface area contributed by atoms with Gasteiger partial charge < -0.3 is 10.8 Å². The van der Waals surface area contributed by atoms with Crippen LogP contribution in [0.25, 0.3) is 11.1 Å². The van der Waals surface area contributed by atoms with E-state index in [2.05, 4.69) is 17.2 Å². The number of hydrogen-bond donors (Lipinski definition) is 2. The van der Waals surface area contributed by atoms with Crippen molar-refractivity contribution in [3.63, 3.8) is 0 Å². The summed E-state index contributed by atoms with van der Waals surface area (Å²) < 4.78 is 1.86. The summed E-state index contributed by atoms with van der Waals surface area (Å²) in [6, 6.07) is 10.1. The highest BCUT2D eigenvalue weighted by Crippen LogP contribution is 2.18. The molecule has 1 aromatic heterocycles. The van der Waals surface area contributed by atoms with Gasteiger partial charge in [0, 0.05) is 23.8 Å². The monoisotopic (exact) mass is 245 g/mol. The quantitative estimate of drug-likeness (QED) is 0.842. The van der Waals surface area contributed by atoms with Crippen molar-refractivity contribution in [2.24, 2.45) is 5.73 Å². The molecule has 1 aromatic carbocycles. The lowest BCUT2D eigenvalue weighted by molar-refractivity contribution is 0.194. The van der Waals surface area contributed by atoms with Gasteiger partial charge in [0.2, 0.25) is 0 Å². The summed E-state index contributed by atoms with van der Waals surface area (Å²) in [5.41, 5.74) is 7.60. The third-order valence-corrected chi connectivity index (χ3v) is 3.01. The van der Waals surface area contributed by atoms with Crippen molar-refractivity contribution < 1.29 is 5.11 Å². The molecular formula is C14H19N3O. The Hall–Kier alpha value is -1.65. The molecule has 1 atom stereocenters. The SMILES string of the molecule is CC(N)(CO)CCn1cc(-c2ccccc2)cn1. The zero-order valence-corrected chi connectivity index (χ0v) is 10.6. The minimum absolute atomic E-state index is 0.0141. The molecule has 1 heterocycles. The summed E-state index contributed by atoms with van der Waals surface area (Å²) in [6.45, 7) is 2.54. The molecule has 0 aliphatic heterocycles. The average Bonchev–Trinajstić information content (AvgIpc) is 2.86.